The number of nitriles is 1. The maximum Gasteiger partial charge on any atom is 3.00 e. The molecule has 0 atom stereocenters. The first-order chi connectivity index (χ1) is 31.6. The Bertz CT molecular complexity index is 3390. The molecule has 0 saturated heterocycles. The van der Waals surface area contributed by atoms with Gasteiger partial charge in [0.25, 0.3) is 0 Å². The van der Waals surface area contributed by atoms with Crippen molar-refractivity contribution in [1.82, 2.24) is 9.55 Å². The summed E-state index contributed by atoms with van der Waals surface area (Å²) in [5.41, 5.74) is 15.1. The molecule has 5 nitrogen and oxygen atoms in total. The van der Waals surface area contributed by atoms with Gasteiger partial charge in [0.15, 0.2) is 11.4 Å². The van der Waals surface area contributed by atoms with Gasteiger partial charge in [0.2, 0.25) is 0 Å². The van der Waals surface area contributed by atoms with E-state index in [1.807, 2.05) is 85.1 Å². The minimum atomic E-state index is -0.660. The van der Waals surface area contributed by atoms with Crippen LogP contribution in [0.2, 0.25) is 0 Å². The van der Waals surface area contributed by atoms with Gasteiger partial charge in [-0.25, -0.2) is 4.39 Å². The van der Waals surface area contributed by atoms with E-state index >= 15 is 4.39 Å². The van der Waals surface area contributed by atoms with Crippen LogP contribution in [0, 0.1) is 44.1 Å². The molecule has 0 radical (unpaired) electrons. The first kappa shape index (κ1) is 43.0. The van der Waals surface area contributed by atoms with Crippen molar-refractivity contribution < 1.29 is 34.9 Å². The van der Waals surface area contributed by atoms with Crippen molar-refractivity contribution in [3.05, 3.63) is 212 Å². The molecular weight excluding hydrogens is 980 g/mol. The second-order valence-corrected chi connectivity index (χ2v) is 16.7. The van der Waals surface area contributed by atoms with Crippen LogP contribution in [0.5, 0.6) is 0 Å². The number of pyridine rings is 1. The zero-order chi connectivity index (χ0) is 45.4. The number of furan rings is 1. The number of benzene rings is 7. The van der Waals surface area contributed by atoms with E-state index in [0.717, 1.165) is 55.6 Å². The van der Waals surface area contributed by atoms with Crippen LogP contribution in [0.15, 0.2) is 162 Å². The topological polar surface area (TPSA) is 58.6 Å². The third-order valence-corrected chi connectivity index (χ3v) is 11.8. The summed E-state index contributed by atoms with van der Waals surface area (Å²) in [5, 5.41) is 10.8. The molecule has 0 N–H and O–H groups in total. The predicted molar refractivity (Wildman–Crippen MR) is 258 cm³/mol. The molecule has 3 aromatic heterocycles. The molecule has 10 rings (SSSR count). The number of fused-ring (bicyclic) bond motifs is 4. The van der Waals surface area contributed by atoms with Crippen LogP contribution >= 0.6 is 0 Å². The summed E-state index contributed by atoms with van der Waals surface area (Å²) in [5.74, 6) is 0.381. The zero-order valence-corrected chi connectivity index (χ0v) is 39.1. The van der Waals surface area contributed by atoms with Crippen molar-refractivity contribution >= 4 is 33.0 Å². The third-order valence-electron chi connectivity index (χ3n) is 11.8. The van der Waals surface area contributed by atoms with E-state index in [9.17, 15) is 5.26 Å². The molecule has 10 aromatic rings. The third kappa shape index (κ3) is 8.35. The van der Waals surface area contributed by atoms with Crippen LogP contribution in [0.3, 0.4) is 0 Å². The van der Waals surface area contributed by atoms with Gasteiger partial charge in [0.05, 0.1) is 39.9 Å². The number of halogens is 1. The monoisotopic (exact) mass is 1030 g/mol. The number of aryl methyl sites for hydroxylation is 1. The van der Waals surface area contributed by atoms with Crippen LogP contribution < -0.4 is 4.57 Å². The van der Waals surface area contributed by atoms with Crippen LogP contribution in [-0.4, -0.2) is 9.55 Å². The van der Waals surface area contributed by atoms with Crippen LogP contribution in [-0.2, 0) is 20.1 Å². The predicted octanol–water partition coefficient (Wildman–Crippen LogP) is 14.8. The molecule has 0 saturated carbocycles. The Hall–Kier alpha value is -7.23. The SMILES string of the molecule is CC(C)c1cc(-c2ccc(-c3ccccc3)cc2)cc(C(C)C)c1-n1c(-c2[c-]ccc3c2oc2c(F)c(C#N)ccc23)nc2ccccc21.[2H]Cc1ccc(-c2ccccc2[CH2-])[n+]([CH2-])c1.[Ir+3]. The van der Waals surface area contributed by atoms with E-state index in [0.29, 0.717) is 22.4 Å². The normalized spacial score (nSPS) is 11.4. The van der Waals surface area contributed by atoms with Crippen molar-refractivity contribution in [3.8, 4) is 56.7 Å². The fourth-order valence-electron chi connectivity index (χ4n) is 8.52. The molecule has 0 spiro atoms. The Labute approximate surface area is 395 Å². The van der Waals surface area contributed by atoms with E-state index in [1.54, 1.807) is 10.6 Å². The zero-order valence-electron chi connectivity index (χ0n) is 37.7. The van der Waals surface area contributed by atoms with E-state index in [1.165, 1.54) is 28.3 Å². The molecule has 7 aromatic carbocycles. The number of imidazole rings is 1. The molecule has 0 bridgehead atoms. The van der Waals surface area contributed by atoms with Gasteiger partial charge in [-0.3, -0.25) is 4.98 Å². The second-order valence-electron chi connectivity index (χ2n) is 16.7. The molecule has 0 aliphatic rings. The molecule has 0 fully saturated rings. The van der Waals surface area contributed by atoms with E-state index < -0.39 is 5.82 Å². The van der Waals surface area contributed by atoms with Crippen LogP contribution in [0.1, 0.15) is 68.7 Å². The molecule has 0 unspecified atom stereocenters. The van der Waals surface area contributed by atoms with Crippen molar-refractivity contribution in [2.45, 2.75) is 46.4 Å². The minimum Gasteiger partial charge on any atom is -0.497 e. The molecule has 0 amide bonds. The number of hydrogen-bond donors (Lipinski definition) is 0. The first-order valence-corrected chi connectivity index (χ1v) is 21.4. The second kappa shape index (κ2) is 18.5. The fourth-order valence-corrected chi connectivity index (χ4v) is 8.52. The molecule has 0 aliphatic carbocycles. The molecular formula is C58H47FIrN4O+. The molecule has 65 heavy (non-hydrogen) atoms. The quantitative estimate of drug-likeness (QED) is 0.118. The van der Waals surface area contributed by atoms with Gasteiger partial charge < -0.3 is 13.6 Å². The van der Waals surface area contributed by atoms with Gasteiger partial charge in [-0.1, -0.05) is 130 Å². The summed E-state index contributed by atoms with van der Waals surface area (Å²) in [4.78, 5) is 5.18. The number of rotatable bonds is 7. The van der Waals surface area contributed by atoms with Crippen molar-refractivity contribution in [3.63, 3.8) is 0 Å². The largest absolute Gasteiger partial charge is 3.00 e. The van der Waals surface area contributed by atoms with E-state index in [-0.39, 0.29) is 50.0 Å². The Morgan fingerprint density at radius 1 is 0.754 bits per heavy atom. The van der Waals surface area contributed by atoms with Crippen molar-refractivity contribution in [1.29, 1.82) is 5.26 Å². The van der Waals surface area contributed by atoms with Crippen LogP contribution in [0.4, 0.5) is 4.39 Å². The van der Waals surface area contributed by atoms with Crippen molar-refractivity contribution in [2.24, 2.45) is 0 Å². The molecule has 7 heteroatoms. The summed E-state index contributed by atoms with van der Waals surface area (Å²) >= 11 is 0. The Morgan fingerprint density at radius 2 is 1.38 bits per heavy atom. The van der Waals surface area contributed by atoms with Gasteiger partial charge in [0.1, 0.15) is 6.07 Å². The summed E-state index contributed by atoms with van der Waals surface area (Å²) < 4.78 is 33.0. The Morgan fingerprint density at radius 3 is 2.05 bits per heavy atom. The summed E-state index contributed by atoms with van der Waals surface area (Å²) in [6.45, 7) is 13.2. The number of para-hydroxylation sites is 2. The number of hydrogen-bond acceptors (Lipinski definition) is 3. The average Bonchev–Trinajstić information content (AvgIpc) is 3.91. The maximum atomic E-state index is 15.4. The molecule has 320 valence electrons. The first-order valence-electron chi connectivity index (χ1n) is 22.1. The number of nitrogens with zero attached hydrogens (tertiary/aromatic N) is 4. The van der Waals surface area contributed by atoms with E-state index in [2.05, 4.69) is 119 Å². The molecule has 0 aliphatic heterocycles. The average molecular weight is 1030 g/mol. The van der Waals surface area contributed by atoms with Gasteiger partial charge in [-0.2, -0.15) is 23.8 Å². The van der Waals surface area contributed by atoms with Gasteiger partial charge in [-0.15, -0.1) is 35.9 Å². The fraction of sp³-hybridized carbons (Fsp3) is 0.121. The number of aromatic nitrogens is 3. The standard InChI is InChI=1S/C44H33FN3O.C14H14N.Ir/c1-26(2)36-23-32(30-19-17-29(18-20-30)28-11-6-5-7-12-28)24-37(27(3)4)41(36)48-39-16-9-8-15-38(39)47-44(48)35-14-10-13-33-34-22-21-31(25-46)40(45)43(34)49-42(33)35;1-11-8-9-14(15(3)10-11)13-7-5-4-6-12(13)2;/h5-13,15-24,26-27H,1-4H3;4-10H,2-3H2,1H3;/q2*-1;+3/i;1D;. The van der Waals surface area contributed by atoms with Crippen LogP contribution in [0.25, 0.3) is 83.6 Å². The van der Waals surface area contributed by atoms with Gasteiger partial charge >= 0.3 is 20.1 Å². The summed E-state index contributed by atoms with van der Waals surface area (Å²) in [7, 11) is 3.95. The Kier molecular flexibility index (Phi) is 12.2. The minimum absolute atomic E-state index is 0. The summed E-state index contributed by atoms with van der Waals surface area (Å²) in [6, 6.07) is 56.2. The Balaban J connectivity index is 0.000000295. The maximum absolute atomic E-state index is 15.4. The van der Waals surface area contributed by atoms with Gasteiger partial charge in [0, 0.05) is 19.5 Å². The molecule has 3 heterocycles. The smallest absolute Gasteiger partial charge is 0.497 e. The van der Waals surface area contributed by atoms with E-state index in [4.69, 9.17) is 10.8 Å². The van der Waals surface area contributed by atoms with Gasteiger partial charge in [-0.05, 0) is 88.0 Å². The summed E-state index contributed by atoms with van der Waals surface area (Å²) in [6.07, 6.45) is 1.88. The van der Waals surface area contributed by atoms with Crippen molar-refractivity contribution in [2.75, 3.05) is 0 Å².